The Morgan fingerprint density at radius 3 is 2.61 bits per heavy atom. The Balaban J connectivity index is 1.92. The highest BCUT2D eigenvalue weighted by molar-refractivity contribution is 6.09. The largest absolute Gasteiger partial charge is 0.506 e. The first-order valence-electron chi connectivity index (χ1n) is 9.35. The minimum absolute atomic E-state index is 0.0916. The van der Waals surface area contributed by atoms with E-state index >= 15 is 0 Å². The van der Waals surface area contributed by atoms with Gasteiger partial charge in [0.1, 0.15) is 22.9 Å². The lowest BCUT2D eigenvalue weighted by molar-refractivity contribution is 0.102. The van der Waals surface area contributed by atoms with Gasteiger partial charge in [-0.1, -0.05) is 6.07 Å². The number of nitrogens with one attached hydrogen (secondary N) is 1. The van der Waals surface area contributed by atoms with Gasteiger partial charge in [0.25, 0.3) is 11.5 Å². The second-order valence-corrected chi connectivity index (χ2v) is 6.87. The normalized spacial score (nSPS) is 10.8. The van der Waals surface area contributed by atoms with Crippen LogP contribution in [0.4, 0.5) is 10.1 Å². The van der Waals surface area contributed by atoms with E-state index in [4.69, 9.17) is 4.74 Å². The summed E-state index contributed by atoms with van der Waals surface area (Å²) in [4.78, 5) is 30.5. The van der Waals surface area contributed by atoms with Crippen LogP contribution in [0.15, 0.2) is 65.6 Å². The van der Waals surface area contributed by atoms with Crippen molar-refractivity contribution in [2.75, 3.05) is 12.4 Å². The zero-order valence-electron chi connectivity index (χ0n) is 16.7. The highest BCUT2D eigenvalue weighted by Gasteiger charge is 2.24. The predicted octanol–water partition coefficient (Wildman–Crippen LogP) is 3.80. The topological polar surface area (TPSA) is 93.5 Å². The van der Waals surface area contributed by atoms with E-state index in [0.717, 1.165) is 5.56 Å². The molecule has 0 saturated heterocycles. The van der Waals surface area contributed by atoms with Gasteiger partial charge in [0.15, 0.2) is 5.65 Å². The molecule has 156 valence electrons. The van der Waals surface area contributed by atoms with Crippen LogP contribution in [-0.2, 0) is 0 Å². The molecule has 7 nitrogen and oxygen atoms in total. The SMILES string of the molecule is COc1ccc(-n2c(=O)c(C(=O)Nc3cc(C)ccc3F)c(O)c3cccnc32)cc1. The summed E-state index contributed by atoms with van der Waals surface area (Å²) in [6.07, 6.45) is 1.48. The second-order valence-electron chi connectivity index (χ2n) is 6.87. The van der Waals surface area contributed by atoms with Crippen LogP contribution in [0.3, 0.4) is 0 Å². The van der Waals surface area contributed by atoms with E-state index in [1.807, 2.05) is 0 Å². The fraction of sp³-hybridized carbons (Fsp3) is 0.0870. The monoisotopic (exact) mass is 419 g/mol. The quantitative estimate of drug-likeness (QED) is 0.525. The third kappa shape index (κ3) is 3.59. The molecule has 4 aromatic rings. The third-order valence-electron chi connectivity index (χ3n) is 4.84. The van der Waals surface area contributed by atoms with E-state index < -0.39 is 28.6 Å². The molecule has 0 atom stereocenters. The molecule has 2 aromatic carbocycles. The van der Waals surface area contributed by atoms with Crippen LogP contribution in [0.5, 0.6) is 11.5 Å². The number of aryl methyl sites for hydroxylation is 1. The molecule has 2 aromatic heterocycles. The number of pyridine rings is 2. The predicted molar refractivity (Wildman–Crippen MR) is 115 cm³/mol. The third-order valence-corrected chi connectivity index (χ3v) is 4.84. The Morgan fingerprint density at radius 2 is 1.90 bits per heavy atom. The molecule has 4 rings (SSSR count). The maximum absolute atomic E-state index is 14.1. The highest BCUT2D eigenvalue weighted by atomic mass is 19.1. The number of rotatable bonds is 4. The molecule has 2 heterocycles. The molecule has 0 spiro atoms. The van der Waals surface area contributed by atoms with E-state index in [1.54, 1.807) is 49.4 Å². The molecule has 1 amide bonds. The van der Waals surface area contributed by atoms with Gasteiger partial charge in [0.2, 0.25) is 0 Å². The van der Waals surface area contributed by atoms with Crippen molar-refractivity contribution in [3.8, 4) is 17.2 Å². The van der Waals surface area contributed by atoms with Crippen LogP contribution in [0.1, 0.15) is 15.9 Å². The van der Waals surface area contributed by atoms with Gasteiger partial charge in [-0.3, -0.25) is 14.2 Å². The van der Waals surface area contributed by atoms with Crippen molar-refractivity contribution in [2.45, 2.75) is 6.92 Å². The van der Waals surface area contributed by atoms with Crippen molar-refractivity contribution in [2.24, 2.45) is 0 Å². The number of fused-ring (bicyclic) bond motifs is 1. The van der Waals surface area contributed by atoms with Gasteiger partial charge in [-0.05, 0) is 61.0 Å². The zero-order valence-corrected chi connectivity index (χ0v) is 16.7. The van der Waals surface area contributed by atoms with Gasteiger partial charge in [-0.25, -0.2) is 9.37 Å². The Bertz CT molecular complexity index is 1360. The number of amides is 1. The summed E-state index contributed by atoms with van der Waals surface area (Å²) >= 11 is 0. The van der Waals surface area contributed by atoms with Gasteiger partial charge in [0.05, 0.1) is 23.9 Å². The number of nitrogens with zero attached hydrogens (tertiary/aromatic N) is 2. The standard InChI is InChI=1S/C23H18FN3O4/c1-13-5-10-17(24)18(12-13)26-22(29)19-20(28)16-4-3-11-25-21(16)27(23(19)30)14-6-8-15(31-2)9-7-14/h3-12,28H,1-2H3,(H,26,29). The molecular formula is C23H18FN3O4. The number of carbonyl (C=O) groups excluding carboxylic acids is 1. The van der Waals surface area contributed by atoms with Crippen LogP contribution in [0, 0.1) is 12.7 Å². The van der Waals surface area contributed by atoms with Gasteiger partial charge in [0, 0.05) is 6.20 Å². The number of halogens is 1. The lowest BCUT2D eigenvalue weighted by Crippen LogP contribution is -2.29. The van der Waals surface area contributed by atoms with Crippen molar-refractivity contribution in [1.82, 2.24) is 9.55 Å². The lowest BCUT2D eigenvalue weighted by Gasteiger charge is -2.15. The minimum atomic E-state index is -0.931. The smallest absolute Gasteiger partial charge is 0.273 e. The number of anilines is 1. The fourth-order valence-corrected chi connectivity index (χ4v) is 3.30. The first kappa shape index (κ1) is 20.1. The molecule has 0 unspecified atom stereocenters. The summed E-state index contributed by atoms with van der Waals surface area (Å²) in [5.74, 6) is -1.53. The molecule has 0 fully saturated rings. The molecule has 0 saturated carbocycles. The average Bonchev–Trinajstić information content (AvgIpc) is 2.77. The molecule has 0 bridgehead atoms. The zero-order chi connectivity index (χ0) is 22.1. The van der Waals surface area contributed by atoms with Crippen molar-refractivity contribution in [1.29, 1.82) is 0 Å². The number of methoxy groups -OCH3 is 1. The number of hydrogen-bond donors (Lipinski definition) is 2. The Hall–Kier alpha value is -4.20. The summed E-state index contributed by atoms with van der Waals surface area (Å²) in [6.45, 7) is 1.74. The van der Waals surface area contributed by atoms with Gasteiger partial charge in [-0.15, -0.1) is 0 Å². The molecule has 8 heteroatoms. The second kappa shape index (κ2) is 7.91. The maximum Gasteiger partial charge on any atom is 0.273 e. The summed E-state index contributed by atoms with van der Waals surface area (Å²) in [6, 6.07) is 13.9. The first-order chi connectivity index (χ1) is 14.9. The summed E-state index contributed by atoms with van der Waals surface area (Å²) in [5.41, 5.74) is -0.0826. The van der Waals surface area contributed by atoms with E-state index in [-0.39, 0.29) is 16.7 Å². The number of aromatic nitrogens is 2. The Kier molecular flexibility index (Phi) is 5.12. The van der Waals surface area contributed by atoms with Gasteiger partial charge in [-0.2, -0.15) is 0 Å². The van der Waals surface area contributed by atoms with Crippen LogP contribution in [0.2, 0.25) is 0 Å². The summed E-state index contributed by atoms with van der Waals surface area (Å²) in [7, 11) is 1.52. The maximum atomic E-state index is 14.1. The van der Waals surface area contributed by atoms with Crippen molar-refractivity contribution < 1.29 is 19.0 Å². The van der Waals surface area contributed by atoms with Crippen LogP contribution in [0.25, 0.3) is 16.7 Å². The summed E-state index contributed by atoms with van der Waals surface area (Å²) < 4.78 is 20.5. The number of benzene rings is 2. The van der Waals surface area contributed by atoms with E-state index in [9.17, 15) is 19.1 Å². The molecule has 31 heavy (non-hydrogen) atoms. The van der Waals surface area contributed by atoms with E-state index in [0.29, 0.717) is 11.4 Å². The number of aromatic hydroxyl groups is 1. The number of hydrogen-bond acceptors (Lipinski definition) is 5. The Morgan fingerprint density at radius 1 is 1.16 bits per heavy atom. The molecule has 0 radical (unpaired) electrons. The van der Waals surface area contributed by atoms with Crippen molar-refractivity contribution in [3.63, 3.8) is 0 Å². The lowest BCUT2D eigenvalue weighted by atomic mass is 10.1. The van der Waals surface area contributed by atoms with Gasteiger partial charge < -0.3 is 15.2 Å². The molecular weight excluding hydrogens is 401 g/mol. The van der Waals surface area contributed by atoms with Gasteiger partial charge >= 0.3 is 0 Å². The highest BCUT2D eigenvalue weighted by Crippen LogP contribution is 2.28. The summed E-state index contributed by atoms with van der Waals surface area (Å²) in [5, 5.41) is 13.3. The minimum Gasteiger partial charge on any atom is -0.506 e. The number of carbonyl (C=O) groups is 1. The molecule has 0 aliphatic rings. The Labute approximate surface area is 176 Å². The molecule has 0 aliphatic heterocycles. The fourth-order valence-electron chi connectivity index (χ4n) is 3.30. The molecule has 2 N–H and O–H groups in total. The number of ether oxygens (including phenoxy) is 1. The van der Waals surface area contributed by atoms with Crippen LogP contribution in [-0.4, -0.2) is 27.7 Å². The van der Waals surface area contributed by atoms with Crippen molar-refractivity contribution >= 4 is 22.6 Å². The van der Waals surface area contributed by atoms with E-state index in [1.165, 1.54) is 30.0 Å². The van der Waals surface area contributed by atoms with Crippen LogP contribution >= 0.6 is 0 Å². The van der Waals surface area contributed by atoms with Crippen molar-refractivity contribution in [3.05, 3.63) is 88.1 Å². The molecule has 0 aliphatic carbocycles. The first-order valence-corrected chi connectivity index (χ1v) is 9.35. The average molecular weight is 419 g/mol. The van der Waals surface area contributed by atoms with E-state index in [2.05, 4.69) is 10.3 Å². The van der Waals surface area contributed by atoms with Crippen LogP contribution < -0.4 is 15.6 Å².